The maximum absolute atomic E-state index is 12.2. The highest BCUT2D eigenvalue weighted by Crippen LogP contribution is 2.24. The number of para-hydroxylation sites is 1. The fourth-order valence-electron chi connectivity index (χ4n) is 1.66. The SMILES string of the molecule is COC(=O)CN(Cc1cccc(Cl)c1N)C(=O)OC(C)(C)C. The lowest BCUT2D eigenvalue weighted by Crippen LogP contribution is -2.39. The first-order valence-corrected chi connectivity index (χ1v) is 7.09. The van der Waals surface area contributed by atoms with Gasteiger partial charge in [-0.25, -0.2) is 4.79 Å². The van der Waals surface area contributed by atoms with Crippen molar-refractivity contribution in [1.29, 1.82) is 0 Å². The van der Waals surface area contributed by atoms with Crippen LogP contribution in [0.5, 0.6) is 0 Å². The van der Waals surface area contributed by atoms with E-state index in [1.165, 1.54) is 12.0 Å². The quantitative estimate of drug-likeness (QED) is 0.679. The van der Waals surface area contributed by atoms with E-state index in [-0.39, 0.29) is 13.1 Å². The lowest BCUT2D eigenvalue weighted by atomic mass is 10.1. The van der Waals surface area contributed by atoms with E-state index in [2.05, 4.69) is 4.74 Å². The second-order valence-corrected chi connectivity index (χ2v) is 6.13. The molecule has 0 saturated carbocycles. The minimum Gasteiger partial charge on any atom is -0.468 e. The first-order valence-electron chi connectivity index (χ1n) is 6.71. The Kier molecular flexibility index (Phi) is 6.05. The zero-order valence-electron chi connectivity index (χ0n) is 13.2. The lowest BCUT2D eigenvalue weighted by Gasteiger charge is -2.27. The predicted molar refractivity (Wildman–Crippen MR) is 84.5 cm³/mol. The van der Waals surface area contributed by atoms with E-state index in [0.29, 0.717) is 16.3 Å². The Morgan fingerprint density at radius 1 is 1.32 bits per heavy atom. The first kappa shape index (κ1) is 18.1. The molecule has 0 aliphatic carbocycles. The molecule has 2 N–H and O–H groups in total. The molecular formula is C15H21ClN2O4. The number of hydrogen-bond donors (Lipinski definition) is 1. The molecule has 1 aromatic rings. The number of rotatable bonds is 4. The number of carbonyl (C=O) groups is 2. The largest absolute Gasteiger partial charge is 0.468 e. The number of halogens is 1. The van der Waals surface area contributed by atoms with Crippen LogP contribution in [0.1, 0.15) is 26.3 Å². The number of esters is 1. The van der Waals surface area contributed by atoms with Crippen LogP contribution in [0.4, 0.5) is 10.5 Å². The van der Waals surface area contributed by atoms with Crippen molar-refractivity contribution in [3.8, 4) is 0 Å². The number of nitrogen functional groups attached to an aromatic ring is 1. The maximum Gasteiger partial charge on any atom is 0.411 e. The molecule has 22 heavy (non-hydrogen) atoms. The van der Waals surface area contributed by atoms with E-state index in [1.807, 2.05) is 0 Å². The lowest BCUT2D eigenvalue weighted by molar-refractivity contribution is -0.142. The van der Waals surface area contributed by atoms with Crippen molar-refractivity contribution in [3.05, 3.63) is 28.8 Å². The second-order valence-electron chi connectivity index (χ2n) is 5.73. The van der Waals surface area contributed by atoms with Crippen LogP contribution in [0, 0.1) is 0 Å². The number of benzene rings is 1. The van der Waals surface area contributed by atoms with E-state index in [4.69, 9.17) is 22.1 Å². The van der Waals surface area contributed by atoms with Crippen LogP contribution in [0.2, 0.25) is 5.02 Å². The van der Waals surface area contributed by atoms with Crippen molar-refractivity contribution >= 4 is 29.4 Å². The van der Waals surface area contributed by atoms with Gasteiger partial charge in [-0.3, -0.25) is 9.69 Å². The van der Waals surface area contributed by atoms with E-state index in [9.17, 15) is 9.59 Å². The molecule has 6 nitrogen and oxygen atoms in total. The van der Waals surface area contributed by atoms with Gasteiger partial charge in [0.05, 0.1) is 24.4 Å². The van der Waals surface area contributed by atoms with Gasteiger partial charge in [-0.2, -0.15) is 0 Å². The van der Waals surface area contributed by atoms with Crippen LogP contribution in [0.25, 0.3) is 0 Å². The van der Waals surface area contributed by atoms with Crippen molar-refractivity contribution in [1.82, 2.24) is 4.90 Å². The third kappa shape index (κ3) is 5.44. The fourth-order valence-corrected chi connectivity index (χ4v) is 1.85. The van der Waals surface area contributed by atoms with Gasteiger partial charge in [0.1, 0.15) is 12.1 Å². The van der Waals surface area contributed by atoms with E-state index in [0.717, 1.165) is 0 Å². The number of amides is 1. The molecule has 0 spiro atoms. The number of nitrogens with two attached hydrogens (primary N) is 1. The number of carbonyl (C=O) groups excluding carboxylic acids is 2. The van der Waals surface area contributed by atoms with E-state index < -0.39 is 17.7 Å². The first-order chi connectivity index (χ1) is 10.1. The Balaban J connectivity index is 2.97. The molecule has 0 aliphatic heterocycles. The number of anilines is 1. The van der Waals surface area contributed by atoms with Gasteiger partial charge in [0.2, 0.25) is 0 Å². The molecule has 0 saturated heterocycles. The van der Waals surface area contributed by atoms with Gasteiger partial charge in [-0.1, -0.05) is 23.7 Å². The fraction of sp³-hybridized carbons (Fsp3) is 0.467. The van der Waals surface area contributed by atoms with Crippen LogP contribution in [0.3, 0.4) is 0 Å². The van der Waals surface area contributed by atoms with E-state index >= 15 is 0 Å². The number of methoxy groups -OCH3 is 1. The van der Waals surface area contributed by atoms with Crippen LogP contribution in [0.15, 0.2) is 18.2 Å². The molecule has 0 fully saturated rings. The molecule has 0 radical (unpaired) electrons. The summed E-state index contributed by atoms with van der Waals surface area (Å²) in [5, 5.41) is 0.389. The molecule has 0 heterocycles. The average Bonchev–Trinajstić information content (AvgIpc) is 2.40. The van der Waals surface area contributed by atoms with Gasteiger partial charge >= 0.3 is 12.1 Å². The number of nitrogens with zero attached hydrogens (tertiary/aromatic N) is 1. The Bertz CT molecular complexity index is 555. The third-order valence-electron chi connectivity index (χ3n) is 2.70. The minimum atomic E-state index is -0.675. The van der Waals surface area contributed by atoms with Crippen LogP contribution in [-0.4, -0.2) is 36.2 Å². The van der Waals surface area contributed by atoms with Crippen molar-refractivity contribution in [2.24, 2.45) is 0 Å². The summed E-state index contributed by atoms with van der Waals surface area (Å²) in [6, 6.07) is 5.10. The highest BCUT2D eigenvalue weighted by molar-refractivity contribution is 6.33. The third-order valence-corrected chi connectivity index (χ3v) is 3.03. The van der Waals surface area contributed by atoms with Gasteiger partial charge in [0, 0.05) is 0 Å². The molecule has 0 atom stereocenters. The zero-order valence-corrected chi connectivity index (χ0v) is 13.9. The predicted octanol–water partition coefficient (Wildman–Crippen LogP) is 2.83. The van der Waals surface area contributed by atoms with E-state index in [1.54, 1.807) is 39.0 Å². The molecule has 0 unspecified atom stereocenters. The Hall–Kier alpha value is -1.95. The van der Waals surface area contributed by atoms with Crippen molar-refractivity contribution in [3.63, 3.8) is 0 Å². The normalized spacial score (nSPS) is 11.0. The molecule has 1 rings (SSSR count). The van der Waals surface area contributed by atoms with Crippen LogP contribution in [-0.2, 0) is 20.8 Å². The highest BCUT2D eigenvalue weighted by Gasteiger charge is 2.25. The summed E-state index contributed by atoms with van der Waals surface area (Å²) in [7, 11) is 1.25. The summed E-state index contributed by atoms with van der Waals surface area (Å²) in [6.45, 7) is 5.09. The number of hydrogen-bond acceptors (Lipinski definition) is 5. The smallest absolute Gasteiger partial charge is 0.411 e. The Morgan fingerprint density at radius 2 is 1.95 bits per heavy atom. The maximum atomic E-state index is 12.2. The van der Waals surface area contributed by atoms with Crippen LogP contribution < -0.4 is 5.73 Å². The molecule has 0 aromatic heterocycles. The summed E-state index contributed by atoms with van der Waals surface area (Å²) in [4.78, 5) is 25.0. The standard InChI is InChI=1S/C15H21ClN2O4/c1-15(2,3)22-14(20)18(9-12(19)21-4)8-10-6-5-7-11(16)13(10)17/h5-7H,8-9,17H2,1-4H3. The van der Waals surface area contributed by atoms with Crippen LogP contribution >= 0.6 is 11.6 Å². The topological polar surface area (TPSA) is 81.9 Å². The monoisotopic (exact) mass is 328 g/mol. The van der Waals surface area contributed by atoms with Gasteiger partial charge in [-0.15, -0.1) is 0 Å². The van der Waals surface area contributed by atoms with Gasteiger partial charge in [-0.05, 0) is 32.4 Å². The summed E-state index contributed by atoms with van der Waals surface area (Å²) >= 11 is 5.97. The molecule has 0 aliphatic rings. The Morgan fingerprint density at radius 3 is 2.50 bits per heavy atom. The Labute approximate surface area is 135 Å². The molecule has 7 heteroatoms. The summed E-state index contributed by atoms with van der Waals surface area (Å²) < 4.78 is 9.90. The minimum absolute atomic E-state index is 0.0937. The summed E-state index contributed by atoms with van der Waals surface area (Å²) in [6.07, 6.45) is -0.628. The molecular weight excluding hydrogens is 308 g/mol. The van der Waals surface area contributed by atoms with Crippen molar-refractivity contribution in [2.45, 2.75) is 32.9 Å². The van der Waals surface area contributed by atoms with Crippen molar-refractivity contribution < 1.29 is 19.1 Å². The summed E-state index contributed by atoms with van der Waals surface area (Å²) in [5.74, 6) is -0.550. The van der Waals surface area contributed by atoms with Gasteiger partial charge in [0.15, 0.2) is 0 Å². The number of ether oxygens (including phenoxy) is 2. The van der Waals surface area contributed by atoms with Crippen molar-refractivity contribution in [2.75, 3.05) is 19.4 Å². The van der Waals surface area contributed by atoms with Gasteiger partial charge < -0.3 is 15.2 Å². The summed E-state index contributed by atoms with van der Waals surface area (Å²) in [5.41, 5.74) is 6.21. The van der Waals surface area contributed by atoms with Gasteiger partial charge in [0.25, 0.3) is 0 Å². The molecule has 1 aromatic carbocycles. The molecule has 0 bridgehead atoms. The highest BCUT2D eigenvalue weighted by atomic mass is 35.5. The average molecular weight is 329 g/mol. The second kappa shape index (κ2) is 7.35. The molecule has 122 valence electrons. The molecule has 1 amide bonds. The zero-order chi connectivity index (χ0) is 16.9.